The van der Waals surface area contributed by atoms with E-state index in [1.54, 1.807) is 0 Å². The summed E-state index contributed by atoms with van der Waals surface area (Å²) in [4.78, 5) is 61.5. The summed E-state index contributed by atoms with van der Waals surface area (Å²) in [5.74, 6) is -1.33. The topological polar surface area (TPSA) is 199 Å². The molecule has 3 aliphatic rings. The number of hydrogen-bond donors (Lipinski definition) is 4. The summed E-state index contributed by atoms with van der Waals surface area (Å²) in [5.41, 5.74) is -0.433. The number of aliphatic hydroxyl groups excluding tert-OH is 2. The van der Waals surface area contributed by atoms with E-state index in [1.807, 2.05) is 0 Å². The quantitative estimate of drug-likeness (QED) is 0.368. The monoisotopic (exact) mass is 392 g/mol. The number of amidine groups is 1. The highest BCUT2D eigenvalue weighted by Gasteiger charge is 2.53. The van der Waals surface area contributed by atoms with Gasteiger partial charge < -0.3 is 24.7 Å². The molecule has 3 heterocycles. The van der Waals surface area contributed by atoms with Crippen LogP contribution in [0.2, 0.25) is 0 Å². The van der Waals surface area contributed by atoms with Crippen LogP contribution in [0.15, 0.2) is 9.98 Å². The van der Waals surface area contributed by atoms with Gasteiger partial charge in [-0.3, -0.25) is 14.2 Å². The largest absolute Gasteiger partial charge is 0.469 e. The molecule has 0 aromatic carbocycles. The number of fused-ring (bicyclic) bond motifs is 1. The SMILES string of the molecule is CN1C(=O)N=C2C(=NC(=O)N2[C@@H]2O[C@H](COP(=O)(O)O)[C@@H](O)[C@H]2O)C1=O. The first-order valence-electron chi connectivity index (χ1n) is 7.06. The van der Waals surface area contributed by atoms with E-state index in [1.165, 1.54) is 0 Å². The molecular weight excluding hydrogens is 379 g/mol. The van der Waals surface area contributed by atoms with Gasteiger partial charge in [0.05, 0.1) is 6.61 Å². The summed E-state index contributed by atoms with van der Waals surface area (Å²) in [6.45, 7) is -0.790. The summed E-state index contributed by atoms with van der Waals surface area (Å²) < 4.78 is 20.2. The highest BCUT2D eigenvalue weighted by molar-refractivity contribution is 7.46. The molecule has 0 unspecified atom stereocenters. The maximum absolute atomic E-state index is 12.1. The predicted octanol–water partition coefficient (Wildman–Crippen LogP) is -2.59. The van der Waals surface area contributed by atoms with E-state index in [-0.39, 0.29) is 0 Å². The lowest BCUT2D eigenvalue weighted by atomic mass is 10.1. The zero-order chi connectivity index (χ0) is 19.4. The molecule has 5 amide bonds. The van der Waals surface area contributed by atoms with Gasteiger partial charge in [0.25, 0.3) is 5.91 Å². The van der Waals surface area contributed by atoms with Gasteiger partial charge in [0.1, 0.15) is 18.3 Å². The van der Waals surface area contributed by atoms with Crippen molar-refractivity contribution in [1.29, 1.82) is 0 Å². The normalized spacial score (nSPS) is 32.1. The van der Waals surface area contributed by atoms with Crippen molar-refractivity contribution in [2.45, 2.75) is 24.5 Å². The zero-order valence-electron chi connectivity index (χ0n) is 13.0. The van der Waals surface area contributed by atoms with Gasteiger partial charge in [0.15, 0.2) is 17.8 Å². The van der Waals surface area contributed by atoms with E-state index >= 15 is 0 Å². The minimum atomic E-state index is -4.86. The number of rotatable bonds is 4. The smallest absolute Gasteiger partial charge is 0.387 e. The molecule has 0 aliphatic carbocycles. The molecule has 0 saturated carbocycles. The minimum absolute atomic E-state index is 0.433. The van der Waals surface area contributed by atoms with E-state index in [0.717, 1.165) is 7.05 Å². The van der Waals surface area contributed by atoms with Crippen molar-refractivity contribution in [2.75, 3.05) is 13.7 Å². The molecule has 142 valence electrons. The first-order valence-corrected chi connectivity index (χ1v) is 8.59. The van der Waals surface area contributed by atoms with Crippen molar-refractivity contribution >= 4 is 37.3 Å². The third-order valence-electron chi connectivity index (χ3n) is 3.85. The summed E-state index contributed by atoms with van der Waals surface area (Å²) in [6, 6.07) is -2.04. The molecule has 0 aromatic rings. The standard InChI is InChI=1S/C11H13N4O10P/c1-14-8(18)4-7(13-10(14)19)15(11(20)12-4)9-6(17)5(16)3(25-9)2-24-26(21,22)23/h3,5-6,9,16-17H,2H2,1H3,(H2,21,22,23)/t3-,5-,6-,9-/m1/s1. The molecule has 1 fully saturated rings. The van der Waals surface area contributed by atoms with Crippen LogP contribution in [-0.2, 0) is 18.6 Å². The highest BCUT2D eigenvalue weighted by atomic mass is 31.2. The number of nitrogens with zero attached hydrogens (tertiary/aromatic N) is 4. The van der Waals surface area contributed by atoms with Gasteiger partial charge in [-0.05, 0) is 0 Å². The summed E-state index contributed by atoms with van der Waals surface area (Å²) in [5, 5.41) is 20.1. The third-order valence-corrected chi connectivity index (χ3v) is 4.33. The average molecular weight is 392 g/mol. The van der Waals surface area contributed by atoms with Crippen LogP contribution < -0.4 is 0 Å². The van der Waals surface area contributed by atoms with E-state index in [4.69, 9.17) is 14.5 Å². The van der Waals surface area contributed by atoms with Crippen molar-refractivity contribution in [3.8, 4) is 0 Å². The highest BCUT2D eigenvalue weighted by Crippen LogP contribution is 2.37. The van der Waals surface area contributed by atoms with Crippen molar-refractivity contribution in [1.82, 2.24) is 9.80 Å². The van der Waals surface area contributed by atoms with Crippen LogP contribution in [0, 0.1) is 0 Å². The Kier molecular flexibility index (Phi) is 4.52. The lowest BCUT2D eigenvalue weighted by Gasteiger charge is -2.27. The molecule has 1 saturated heterocycles. The fraction of sp³-hybridized carbons (Fsp3) is 0.545. The van der Waals surface area contributed by atoms with Crippen LogP contribution in [0.1, 0.15) is 0 Å². The lowest BCUT2D eigenvalue weighted by Crippen LogP contribution is -2.53. The average Bonchev–Trinajstić information content (AvgIpc) is 3.01. The van der Waals surface area contributed by atoms with Gasteiger partial charge in [-0.2, -0.15) is 9.98 Å². The molecule has 4 N–H and O–H groups in total. The molecule has 0 aromatic heterocycles. The third kappa shape index (κ3) is 3.07. The van der Waals surface area contributed by atoms with Crippen molar-refractivity contribution < 1.29 is 48.2 Å². The Bertz CT molecular complexity index is 790. The molecule has 0 bridgehead atoms. The molecule has 3 rings (SSSR count). The maximum atomic E-state index is 12.1. The molecule has 0 radical (unpaired) electrons. The van der Waals surface area contributed by atoms with Gasteiger partial charge in [-0.1, -0.05) is 0 Å². The van der Waals surface area contributed by atoms with Crippen LogP contribution in [0.25, 0.3) is 0 Å². The Hall–Kier alpha value is -2.06. The fourth-order valence-corrected chi connectivity index (χ4v) is 2.89. The first kappa shape index (κ1) is 18.7. The Morgan fingerprint density at radius 2 is 1.81 bits per heavy atom. The number of aliphatic hydroxyl groups is 2. The number of carbonyl (C=O) groups excluding carboxylic acids is 3. The number of phosphoric ester groups is 1. The van der Waals surface area contributed by atoms with Crippen LogP contribution in [0.4, 0.5) is 9.59 Å². The zero-order valence-corrected chi connectivity index (χ0v) is 13.9. The molecule has 15 heteroatoms. The molecule has 4 atom stereocenters. The predicted molar refractivity (Wildman–Crippen MR) is 78.9 cm³/mol. The number of phosphoric acid groups is 1. The van der Waals surface area contributed by atoms with Gasteiger partial charge in [-0.25, -0.2) is 19.1 Å². The van der Waals surface area contributed by atoms with Gasteiger partial charge in [0, 0.05) is 7.05 Å². The Morgan fingerprint density at radius 1 is 1.15 bits per heavy atom. The second-order valence-corrected chi connectivity index (χ2v) is 6.77. The van der Waals surface area contributed by atoms with E-state index in [0.29, 0.717) is 9.80 Å². The van der Waals surface area contributed by atoms with Crippen molar-refractivity contribution in [3.63, 3.8) is 0 Å². The number of amides is 5. The van der Waals surface area contributed by atoms with Crippen LogP contribution in [0.3, 0.4) is 0 Å². The minimum Gasteiger partial charge on any atom is -0.387 e. The summed E-state index contributed by atoms with van der Waals surface area (Å²) in [6.07, 6.45) is -6.43. The Balaban J connectivity index is 1.84. The van der Waals surface area contributed by atoms with Gasteiger partial charge in [0.2, 0.25) is 0 Å². The Morgan fingerprint density at radius 3 is 2.42 bits per heavy atom. The Labute approximate surface area is 144 Å². The number of imide groups is 1. The van der Waals surface area contributed by atoms with E-state index in [2.05, 4.69) is 14.5 Å². The maximum Gasteiger partial charge on any atom is 0.469 e. The summed E-state index contributed by atoms with van der Waals surface area (Å²) >= 11 is 0. The van der Waals surface area contributed by atoms with Crippen LogP contribution >= 0.6 is 7.82 Å². The molecule has 14 nitrogen and oxygen atoms in total. The molecule has 26 heavy (non-hydrogen) atoms. The van der Waals surface area contributed by atoms with E-state index < -0.39 is 68.5 Å². The van der Waals surface area contributed by atoms with Gasteiger partial charge >= 0.3 is 19.9 Å². The van der Waals surface area contributed by atoms with Gasteiger partial charge in [-0.15, -0.1) is 0 Å². The first-order chi connectivity index (χ1) is 12.0. The second kappa shape index (κ2) is 6.28. The number of ether oxygens (including phenoxy) is 1. The number of carbonyl (C=O) groups is 3. The fourth-order valence-electron chi connectivity index (χ4n) is 2.55. The van der Waals surface area contributed by atoms with Crippen molar-refractivity contribution in [3.05, 3.63) is 0 Å². The molecule has 0 spiro atoms. The van der Waals surface area contributed by atoms with Crippen LogP contribution in [0.5, 0.6) is 0 Å². The number of hydrogen-bond acceptors (Lipinski definition) is 8. The number of urea groups is 2. The van der Waals surface area contributed by atoms with Crippen LogP contribution in [-0.4, -0.2) is 97.5 Å². The van der Waals surface area contributed by atoms with Crippen molar-refractivity contribution in [2.24, 2.45) is 9.98 Å². The lowest BCUT2D eigenvalue weighted by molar-refractivity contribution is -0.120. The second-order valence-electron chi connectivity index (χ2n) is 5.53. The van der Waals surface area contributed by atoms with E-state index in [9.17, 15) is 29.2 Å². The summed E-state index contributed by atoms with van der Waals surface area (Å²) in [7, 11) is -3.72. The molecular formula is C11H13N4O10P. The number of aliphatic imine (C=N–C) groups is 2. The molecule has 3 aliphatic heterocycles.